The number of nitrogens with zero attached hydrogens (tertiary/aromatic N) is 9. The summed E-state index contributed by atoms with van der Waals surface area (Å²) >= 11 is 0. The SMILES string of the molecule is CC(C)c1cccc(C(C)C)c1-n1c(-c2[c-]c(-c3nc4ccccc4n3-c3c(C(C)C)cccc3C(C)C)ccc2)nc2ccccc21.CN1C=CN(c2cccc(N3C=CN(C)[CH-]3)n2)[CH-]1.[Re]. The summed E-state index contributed by atoms with van der Waals surface area (Å²) < 4.78 is 4.76. The van der Waals surface area contributed by atoms with Gasteiger partial charge in [0.2, 0.25) is 0 Å². The van der Waals surface area contributed by atoms with E-state index in [0.29, 0.717) is 23.7 Å². The second kappa shape index (κ2) is 19.8. The summed E-state index contributed by atoms with van der Waals surface area (Å²) in [5.74, 6) is 4.98. The summed E-state index contributed by atoms with van der Waals surface area (Å²) in [4.78, 5) is 23.2. The summed E-state index contributed by atoms with van der Waals surface area (Å²) in [7, 11) is 3.98. The van der Waals surface area contributed by atoms with Gasteiger partial charge in [0.15, 0.2) is 0 Å². The van der Waals surface area contributed by atoms with Gasteiger partial charge in [0.1, 0.15) is 11.6 Å². The van der Waals surface area contributed by atoms with Crippen LogP contribution >= 0.6 is 0 Å². The van der Waals surface area contributed by atoms with Crippen molar-refractivity contribution in [1.29, 1.82) is 0 Å². The molecule has 0 unspecified atom stereocenters. The van der Waals surface area contributed by atoms with Gasteiger partial charge in [-0.1, -0.05) is 133 Å². The summed E-state index contributed by atoms with van der Waals surface area (Å²) in [6.45, 7) is 22.2. The number of benzene rings is 5. The van der Waals surface area contributed by atoms with Gasteiger partial charge in [0.25, 0.3) is 0 Å². The molecule has 0 spiro atoms. The molecule has 343 valence electrons. The summed E-state index contributed by atoms with van der Waals surface area (Å²) in [5, 5.41) is 0. The second-order valence-electron chi connectivity index (χ2n) is 18.5. The fourth-order valence-electron chi connectivity index (χ4n) is 9.01. The number of pyridine rings is 1. The van der Waals surface area contributed by atoms with Crippen LogP contribution in [0.1, 0.15) is 101 Å². The first-order valence-electron chi connectivity index (χ1n) is 23.2. The summed E-state index contributed by atoms with van der Waals surface area (Å²) in [5.41, 5.74) is 13.7. The zero-order chi connectivity index (χ0) is 46.2. The van der Waals surface area contributed by atoms with Crippen LogP contribution in [0.15, 0.2) is 146 Å². The Morgan fingerprint density at radius 3 is 1.13 bits per heavy atom. The third kappa shape index (κ3) is 9.30. The van der Waals surface area contributed by atoms with Crippen LogP contribution in [0.5, 0.6) is 0 Å². The Kier molecular flexibility index (Phi) is 13.9. The van der Waals surface area contributed by atoms with Gasteiger partial charge in [-0.2, -0.15) is 0 Å². The summed E-state index contributed by atoms with van der Waals surface area (Å²) in [6, 6.07) is 46.7. The molecule has 5 aromatic carbocycles. The fraction of sp³-hybridized carbons (Fsp3) is 0.246. The third-order valence-corrected chi connectivity index (χ3v) is 12.3. The monoisotopic (exact) mass is 1060 g/mol. The number of anilines is 2. The van der Waals surface area contributed by atoms with Gasteiger partial charge in [-0.25, -0.2) is 4.98 Å². The van der Waals surface area contributed by atoms with Crippen LogP contribution in [-0.2, 0) is 20.4 Å². The minimum absolute atomic E-state index is 0. The Balaban J connectivity index is 0.000000267. The van der Waals surface area contributed by atoms with Crippen molar-refractivity contribution in [3.8, 4) is 34.2 Å². The first-order chi connectivity index (χ1) is 31.9. The van der Waals surface area contributed by atoms with Gasteiger partial charge < -0.3 is 28.7 Å². The van der Waals surface area contributed by atoms with Gasteiger partial charge in [0.05, 0.1) is 33.7 Å². The maximum atomic E-state index is 5.30. The van der Waals surface area contributed by atoms with Crippen LogP contribution in [0.2, 0.25) is 0 Å². The van der Waals surface area contributed by atoms with Crippen LogP contribution in [0.4, 0.5) is 11.6 Å². The maximum absolute atomic E-state index is 5.30. The molecular formula is C57H60N9Re-3. The van der Waals surface area contributed by atoms with E-state index >= 15 is 0 Å². The maximum Gasteiger partial charge on any atom is 0.106 e. The molecule has 0 saturated heterocycles. The Bertz CT molecular complexity index is 2830. The topological polar surface area (TPSA) is 61.5 Å². The molecule has 67 heavy (non-hydrogen) atoms. The number of hydrogen-bond donors (Lipinski definition) is 0. The quantitative estimate of drug-likeness (QED) is 0.126. The van der Waals surface area contributed by atoms with Crippen molar-refractivity contribution >= 4 is 33.7 Å². The largest absolute Gasteiger partial charge is 0.510 e. The van der Waals surface area contributed by atoms with E-state index in [2.05, 4.69) is 179 Å². The Hall–Kier alpha value is -6.47. The van der Waals surface area contributed by atoms with Gasteiger partial charge >= 0.3 is 0 Å². The molecule has 3 aromatic heterocycles. The smallest absolute Gasteiger partial charge is 0.106 e. The molecule has 0 bridgehead atoms. The van der Waals surface area contributed by atoms with Crippen molar-refractivity contribution in [3.05, 3.63) is 188 Å². The molecule has 8 aromatic rings. The minimum atomic E-state index is 0. The van der Waals surface area contributed by atoms with E-state index in [-0.39, 0.29) is 20.4 Å². The zero-order valence-corrected chi connectivity index (χ0v) is 42.9. The first kappa shape index (κ1) is 47.0. The average molecular weight is 1060 g/mol. The Labute approximate surface area is 410 Å². The van der Waals surface area contributed by atoms with E-state index in [0.717, 1.165) is 56.5 Å². The van der Waals surface area contributed by atoms with E-state index in [1.807, 2.05) is 90.0 Å². The van der Waals surface area contributed by atoms with Gasteiger partial charge in [-0.05, 0) is 121 Å². The molecule has 0 amide bonds. The zero-order valence-electron chi connectivity index (χ0n) is 40.2. The van der Waals surface area contributed by atoms with Gasteiger partial charge in [-0.15, -0.1) is 37.6 Å². The molecule has 2 aliphatic heterocycles. The van der Waals surface area contributed by atoms with Crippen LogP contribution in [0, 0.1) is 19.4 Å². The number of imidazole rings is 2. The molecular weight excluding hydrogens is 997 g/mol. The van der Waals surface area contributed by atoms with Crippen molar-refractivity contribution < 1.29 is 20.4 Å². The van der Waals surface area contributed by atoms with E-state index in [4.69, 9.17) is 9.97 Å². The Morgan fingerprint density at radius 2 is 0.776 bits per heavy atom. The van der Waals surface area contributed by atoms with Crippen molar-refractivity contribution in [2.75, 3.05) is 23.9 Å². The summed E-state index contributed by atoms with van der Waals surface area (Å²) in [6.07, 6.45) is 7.96. The molecule has 5 heterocycles. The second-order valence-corrected chi connectivity index (χ2v) is 18.5. The Morgan fingerprint density at radius 1 is 0.418 bits per heavy atom. The predicted octanol–water partition coefficient (Wildman–Crippen LogP) is 13.8. The molecule has 2 aliphatic rings. The van der Waals surface area contributed by atoms with E-state index < -0.39 is 0 Å². The van der Waals surface area contributed by atoms with Crippen molar-refractivity contribution in [2.24, 2.45) is 0 Å². The van der Waals surface area contributed by atoms with E-state index in [1.165, 1.54) is 33.6 Å². The van der Waals surface area contributed by atoms with Crippen LogP contribution in [0.25, 0.3) is 56.2 Å². The minimum Gasteiger partial charge on any atom is -0.510 e. The van der Waals surface area contributed by atoms with Gasteiger partial charge in [0, 0.05) is 31.8 Å². The molecule has 10 heteroatoms. The first-order valence-corrected chi connectivity index (χ1v) is 23.2. The predicted molar refractivity (Wildman–Crippen MR) is 273 cm³/mol. The normalized spacial score (nSPS) is 13.6. The fourth-order valence-corrected chi connectivity index (χ4v) is 9.01. The van der Waals surface area contributed by atoms with E-state index in [1.54, 1.807) is 0 Å². The molecule has 0 aliphatic carbocycles. The molecule has 0 saturated carbocycles. The van der Waals surface area contributed by atoms with Crippen LogP contribution < -0.4 is 9.80 Å². The molecule has 0 fully saturated rings. The number of rotatable bonds is 10. The number of aromatic nitrogens is 5. The van der Waals surface area contributed by atoms with Crippen molar-refractivity contribution in [2.45, 2.75) is 79.1 Å². The number of para-hydroxylation sites is 6. The van der Waals surface area contributed by atoms with Crippen LogP contribution in [0.3, 0.4) is 0 Å². The van der Waals surface area contributed by atoms with Gasteiger partial charge in [-0.3, -0.25) is 9.97 Å². The molecule has 10 rings (SSSR count). The molecule has 0 N–H and O–H groups in total. The molecule has 1 radical (unpaired) electrons. The number of fused-ring (bicyclic) bond motifs is 2. The van der Waals surface area contributed by atoms with Crippen molar-refractivity contribution in [1.82, 2.24) is 33.9 Å². The van der Waals surface area contributed by atoms with Crippen LogP contribution in [-0.4, -0.2) is 48.0 Å². The standard InChI is InChI=1S/C44H45N4.C13H15N5.Re/c1-27(2)33-18-14-19-34(28(3)4)41(33)47-39-24-11-9-22-37(39)45-43(47)31-16-13-17-32(26-31)44-46-38-23-10-12-25-40(38)48(44)42-35(29(5)6)20-15-21-36(42)30(7)8;1-15-6-8-17(10-15)12-4-3-5-13(14-12)18-9-7-16(2)11-18;/h9-25,27-30H,1-8H3;3-11H,1-2H3;/q-1;-2;. The van der Waals surface area contributed by atoms with Crippen molar-refractivity contribution in [3.63, 3.8) is 0 Å². The van der Waals surface area contributed by atoms with E-state index in [9.17, 15) is 0 Å². The third-order valence-electron chi connectivity index (χ3n) is 12.3. The average Bonchev–Trinajstić information content (AvgIpc) is 4.14. The number of hydrogen-bond acceptors (Lipinski definition) is 7. The molecule has 0 atom stereocenters. The molecule has 9 nitrogen and oxygen atoms in total.